The lowest BCUT2D eigenvalue weighted by Crippen LogP contribution is -2.67. The molecule has 2 fully saturated rings. The molecule has 3 aliphatic rings. The Hall–Kier alpha value is -2.30. The first kappa shape index (κ1) is 40.9. The SMILES string of the molecule is CN(CCCS)Cc1c(F)cc(Oc2ccc3c(c2)CCC2C3CCC3(C)C(OCCCOC(C(F)(F)F)(C(F)(F)F)C(F)(F)F)CCC23)cc1F. The molecular formula is C36H42F11NO3S. The van der Waals surface area contributed by atoms with Crippen molar-refractivity contribution in [3.8, 4) is 11.5 Å². The van der Waals surface area contributed by atoms with Crippen molar-refractivity contribution in [3.63, 3.8) is 0 Å². The molecule has 0 heterocycles. The monoisotopic (exact) mass is 777 g/mol. The predicted octanol–water partition coefficient (Wildman–Crippen LogP) is 10.6. The summed E-state index contributed by atoms with van der Waals surface area (Å²) in [6.07, 6.45) is -16.0. The van der Waals surface area contributed by atoms with Crippen LogP contribution in [0.1, 0.15) is 74.5 Å². The first-order chi connectivity index (χ1) is 24.2. The number of ether oxygens (including phenoxy) is 3. The van der Waals surface area contributed by atoms with E-state index >= 15 is 0 Å². The van der Waals surface area contributed by atoms with Crippen LogP contribution in [0.15, 0.2) is 30.3 Å². The molecule has 0 amide bonds. The second-order valence-electron chi connectivity index (χ2n) is 14.4. The van der Waals surface area contributed by atoms with E-state index in [9.17, 15) is 48.3 Å². The quantitative estimate of drug-likeness (QED) is 0.125. The van der Waals surface area contributed by atoms with E-state index in [1.165, 1.54) is 12.1 Å². The summed E-state index contributed by atoms with van der Waals surface area (Å²) in [6, 6.07) is 8.00. The van der Waals surface area contributed by atoms with Crippen molar-refractivity contribution in [1.82, 2.24) is 4.90 Å². The van der Waals surface area contributed by atoms with Crippen LogP contribution in [0, 0.1) is 28.9 Å². The highest BCUT2D eigenvalue weighted by atomic mass is 32.1. The van der Waals surface area contributed by atoms with Gasteiger partial charge in [0.2, 0.25) is 0 Å². The van der Waals surface area contributed by atoms with Gasteiger partial charge in [-0.05, 0) is 117 Å². The minimum atomic E-state index is -6.77. The van der Waals surface area contributed by atoms with Gasteiger partial charge in [0, 0.05) is 30.8 Å². The number of thiol groups is 1. The highest BCUT2D eigenvalue weighted by Crippen LogP contribution is 2.62. The smallest absolute Gasteiger partial charge is 0.435 e. The predicted molar refractivity (Wildman–Crippen MR) is 173 cm³/mol. The fraction of sp³-hybridized carbons (Fsp3) is 0.667. The van der Waals surface area contributed by atoms with E-state index in [1.807, 2.05) is 17.0 Å². The van der Waals surface area contributed by atoms with Crippen molar-refractivity contribution >= 4 is 12.6 Å². The van der Waals surface area contributed by atoms with Gasteiger partial charge in [0.25, 0.3) is 0 Å². The Labute approximate surface area is 300 Å². The number of halogens is 11. The molecule has 5 atom stereocenters. The highest BCUT2D eigenvalue weighted by molar-refractivity contribution is 7.80. The maximum atomic E-state index is 14.9. The van der Waals surface area contributed by atoms with E-state index in [0.717, 1.165) is 49.7 Å². The normalized spacial score (nSPS) is 25.2. The zero-order chi connectivity index (χ0) is 38.3. The van der Waals surface area contributed by atoms with Crippen LogP contribution in [0.4, 0.5) is 48.3 Å². The van der Waals surface area contributed by atoms with Crippen LogP contribution in [0.5, 0.6) is 11.5 Å². The van der Waals surface area contributed by atoms with Crippen molar-refractivity contribution in [3.05, 3.63) is 58.7 Å². The molecule has 3 aliphatic carbocycles. The van der Waals surface area contributed by atoms with Gasteiger partial charge in [-0.1, -0.05) is 13.0 Å². The van der Waals surface area contributed by atoms with Crippen LogP contribution in [0.3, 0.4) is 0 Å². The van der Waals surface area contributed by atoms with Gasteiger partial charge in [-0.15, -0.1) is 0 Å². The molecule has 5 rings (SSSR count). The standard InChI is InChI=1S/C36H42F11NO3S/c1-32-12-11-25-24-8-6-22(51-23-18-29(37)27(30(38)19-23)20-48(2)13-3-16-52)17-21(24)5-7-26(25)28(32)9-10-31(32)49-14-4-15-50-33(34(39,40)41,35(42,43)44)36(45,46)47/h6,8,17-19,25-26,28,31,52H,3-5,7,9-16,20H2,1-2H3. The molecule has 0 aliphatic heterocycles. The average Bonchev–Trinajstić information content (AvgIpc) is 3.37. The number of benzene rings is 2. The van der Waals surface area contributed by atoms with Crippen molar-refractivity contribution in [2.24, 2.45) is 17.3 Å². The van der Waals surface area contributed by atoms with E-state index in [0.29, 0.717) is 24.5 Å². The number of rotatable bonds is 13. The van der Waals surface area contributed by atoms with Crippen LogP contribution in [-0.2, 0) is 22.4 Å². The molecule has 0 spiro atoms. The number of hydrogen-bond donors (Lipinski definition) is 1. The van der Waals surface area contributed by atoms with E-state index < -0.39 is 48.8 Å². The van der Waals surface area contributed by atoms with Crippen molar-refractivity contribution in [2.45, 2.75) is 101 Å². The molecule has 52 heavy (non-hydrogen) atoms. The summed E-state index contributed by atoms with van der Waals surface area (Å²) in [7, 11) is 1.78. The zero-order valence-electron chi connectivity index (χ0n) is 28.7. The summed E-state index contributed by atoms with van der Waals surface area (Å²) < 4.78 is 164. The third-order valence-corrected chi connectivity index (χ3v) is 11.5. The van der Waals surface area contributed by atoms with Gasteiger partial charge in [-0.2, -0.15) is 52.1 Å². The number of fused-ring (bicyclic) bond motifs is 5. The zero-order valence-corrected chi connectivity index (χ0v) is 29.6. The van der Waals surface area contributed by atoms with Gasteiger partial charge in [-0.25, -0.2) is 8.78 Å². The number of alkyl halides is 9. The minimum absolute atomic E-state index is 0.0396. The van der Waals surface area contributed by atoms with E-state index in [4.69, 9.17) is 9.47 Å². The van der Waals surface area contributed by atoms with E-state index in [-0.39, 0.29) is 53.7 Å². The second-order valence-corrected chi connectivity index (χ2v) is 14.9. The maximum Gasteiger partial charge on any atom is 0.435 e. The molecule has 292 valence electrons. The molecule has 0 bridgehead atoms. The van der Waals surface area contributed by atoms with Crippen LogP contribution in [-0.4, -0.2) is 67.7 Å². The third kappa shape index (κ3) is 7.91. The molecule has 5 unspecified atom stereocenters. The van der Waals surface area contributed by atoms with E-state index in [1.54, 1.807) is 13.1 Å². The molecule has 2 aromatic rings. The Morgan fingerprint density at radius 1 is 0.827 bits per heavy atom. The Balaban J connectivity index is 1.18. The molecule has 2 aromatic carbocycles. The van der Waals surface area contributed by atoms with Gasteiger partial charge in [-0.3, -0.25) is 0 Å². The molecule has 0 N–H and O–H groups in total. The molecule has 16 heteroatoms. The van der Waals surface area contributed by atoms with Crippen LogP contribution in [0.25, 0.3) is 0 Å². The van der Waals surface area contributed by atoms with E-state index in [2.05, 4.69) is 24.3 Å². The number of nitrogens with zero attached hydrogens (tertiary/aromatic N) is 1. The van der Waals surface area contributed by atoms with Gasteiger partial charge < -0.3 is 19.1 Å². The van der Waals surface area contributed by atoms with Gasteiger partial charge in [0.15, 0.2) is 0 Å². The molecule has 0 saturated heterocycles. The summed E-state index contributed by atoms with van der Waals surface area (Å²) in [5, 5.41) is 0. The van der Waals surface area contributed by atoms with Crippen molar-refractivity contribution in [2.75, 3.05) is 32.6 Å². The number of hydrogen-bond acceptors (Lipinski definition) is 5. The lowest BCUT2D eigenvalue weighted by Gasteiger charge is -2.50. The summed E-state index contributed by atoms with van der Waals surface area (Å²) >= 11 is 4.17. The number of aryl methyl sites for hydroxylation is 1. The second kappa shape index (κ2) is 15.4. The van der Waals surface area contributed by atoms with Gasteiger partial charge in [0.05, 0.1) is 12.7 Å². The van der Waals surface area contributed by atoms with Gasteiger partial charge in [0.1, 0.15) is 23.1 Å². The Morgan fingerprint density at radius 2 is 1.48 bits per heavy atom. The lowest BCUT2D eigenvalue weighted by atomic mass is 9.55. The lowest BCUT2D eigenvalue weighted by molar-refractivity contribution is -0.457. The summed E-state index contributed by atoms with van der Waals surface area (Å²) in [6.45, 7) is 0.994. The minimum Gasteiger partial charge on any atom is -0.457 e. The fourth-order valence-electron chi connectivity index (χ4n) is 8.70. The average molecular weight is 778 g/mol. The largest absolute Gasteiger partial charge is 0.457 e. The summed E-state index contributed by atoms with van der Waals surface area (Å²) in [5.41, 5.74) is -4.43. The fourth-order valence-corrected chi connectivity index (χ4v) is 8.84. The third-order valence-electron chi connectivity index (χ3n) is 11.2. The maximum absolute atomic E-state index is 14.9. The molecule has 4 nitrogen and oxygen atoms in total. The first-order valence-corrected chi connectivity index (χ1v) is 17.9. The Bertz CT molecular complexity index is 1490. The molecular weight excluding hydrogens is 735 g/mol. The molecule has 2 saturated carbocycles. The Kier molecular flexibility index (Phi) is 12.1. The molecule has 0 radical (unpaired) electrons. The molecule has 0 aromatic heterocycles. The van der Waals surface area contributed by atoms with Crippen molar-refractivity contribution < 1.29 is 62.5 Å². The highest BCUT2D eigenvalue weighted by Gasteiger charge is 2.85. The topological polar surface area (TPSA) is 30.9 Å². The van der Waals surface area contributed by atoms with Crippen LogP contribution < -0.4 is 4.74 Å². The Morgan fingerprint density at radius 3 is 2.10 bits per heavy atom. The summed E-state index contributed by atoms with van der Waals surface area (Å²) in [5.74, 6) is 0.482. The first-order valence-electron chi connectivity index (χ1n) is 17.3. The van der Waals surface area contributed by atoms with Gasteiger partial charge >= 0.3 is 24.1 Å². The van der Waals surface area contributed by atoms with Crippen LogP contribution >= 0.6 is 12.6 Å². The van der Waals surface area contributed by atoms with Crippen molar-refractivity contribution in [1.29, 1.82) is 0 Å². The summed E-state index contributed by atoms with van der Waals surface area (Å²) in [4.78, 5) is 1.82. The van der Waals surface area contributed by atoms with Crippen LogP contribution in [0.2, 0.25) is 0 Å².